The summed E-state index contributed by atoms with van der Waals surface area (Å²) in [4.78, 5) is 4.64. The predicted octanol–water partition coefficient (Wildman–Crippen LogP) is -1.17. The van der Waals surface area contributed by atoms with Gasteiger partial charge in [-0.25, -0.2) is 0 Å². The lowest BCUT2D eigenvalue weighted by Gasteiger charge is -2.33. The average molecular weight is 231 g/mol. The molecule has 0 bridgehead atoms. The first kappa shape index (κ1) is 13.9. The van der Waals surface area contributed by atoms with E-state index in [0.717, 1.165) is 39.3 Å². The van der Waals surface area contributed by atoms with Crippen LogP contribution >= 0.6 is 0 Å². The van der Waals surface area contributed by atoms with Gasteiger partial charge >= 0.3 is 0 Å². The lowest BCUT2D eigenvalue weighted by Crippen LogP contribution is -2.48. The van der Waals surface area contributed by atoms with Crippen molar-refractivity contribution in [3.8, 4) is 0 Å². The van der Waals surface area contributed by atoms with E-state index in [0.29, 0.717) is 13.2 Å². The highest BCUT2D eigenvalue weighted by atomic mass is 16.5. The van der Waals surface area contributed by atoms with Crippen LogP contribution in [0.3, 0.4) is 0 Å². The number of β-amino-alcohol motifs (C(OH)–C–C–N with tert-alkyl or cyclic N) is 1. The Kier molecular flexibility index (Phi) is 6.91. The van der Waals surface area contributed by atoms with E-state index >= 15 is 0 Å². The molecular weight excluding hydrogens is 206 g/mol. The van der Waals surface area contributed by atoms with Crippen LogP contribution < -0.4 is 5.32 Å². The summed E-state index contributed by atoms with van der Waals surface area (Å²) in [7, 11) is 3.82. The number of aliphatic hydroxyl groups is 1. The number of hydrogen-bond donors (Lipinski definition) is 2. The van der Waals surface area contributed by atoms with Gasteiger partial charge in [0.25, 0.3) is 0 Å². The van der Waals surface area contributed by atoms with Crippen molar-refractivity contribution in [3.63, 3.8) is 0 Å². The van der Waals surface area contributed by atoms with Gasteiger partial charge in [0, 0.05) is 52.9 Å². The highest BCUT2D eigenvalue weighted by molar-refractivity contribution is 4.73. The van der Waals surface area contributed by atoms with E-state index in [1.807, 2.05) is 0 Å². The van der Waals surface area contributed by atoms with Crippen molar-refractivity contribution in [1.29, 1.82) is 0 Å². The molecule has 1 unspecified atom stereocenters. The molecule has 1 saturated heterocycles. The van der Waals surface area contributed by atoms with E-state index < -0.39 is 0 Å². The number of nitrogens with one attached hydrogen (secondary N) is 1. The molecule has 1 fully saturated rings. The summed E-state index contributed by atoms with van der Waals surface area (Å²) < 4.78 is 4.93. The summed E-state index contributed by atoms with van der Waals surface area (Å²) >= 11 is 0. The molecule has 0 amide bonds. The highest BCUT2D eigenvalue weighted by Gasteiger charge is 2.16. The van der Waals surface area contributed by atoms with Gasteiger partial charge in [-0.2, -0.15) is 0 Å². The van der Waals surface area contributed by atoms with Crippen molar-refractivity contribution in [2.24, 2.45) is 0 Å². The SMILES string of the molecule is COCCNCC(O)CN1CCN(C)CC1. The van der Waals surface area contributed by atoms with Crippen molar-refractivity contribution < 1.29 is 9.84 Å². The molecule has 1 aliphatic rings. The minimum absolute atomic E-state index is 0.278. The van der Waals surface area contributed by atoms with Crippen molar-refractivity contribution in [3.05, 3.63) is 0 Å². The Bertz CT molecular complexity index is 173. The molecule has 0 saturated carbocycles. The first-order chi connectivity index (χ1) is 7.72. The maximum Gasteiger partial charge on any atom is 0.0791 e. The molecule has 0 radical (unpaired) electrons. The first-order valence-electron chi connectivity index (χ1n) is 6.01. The molecule has 0 aromatic carbocycles. The second kappa shape index (κ2) is 7.97. The summed E-state index contributed by atoms with van der Waals surface area (Å²) in [5.74, 6) is 0. The zero-order valence-electron chi connectivity index (χ0n) is 10.5. The van der Waals surface area contributed by atoms with E-state index in [-0.39, 0.29) is 6.10 Å². The Balaban J connectivity index is 2.02. The highest BCUT2D eigenvalue weighted by Crippen LogP contribution is 1.99. The molecule has 1 rings (SSSR count). The third-order valence-electron chi connectivity index (χ3n) is 2.93. The van der Waals surface area contributed by atoms with Crippen LogP contribution in [0.25, 0.3) is 0 Å². The molecule has 1 aliphatic heterocycles. The molecular formula is C11H25N3O2. The molecule has 2 N–H and O–H groups in total. The number of ether oxygens (including phenoxy) is 1. The van der Waals surface area contributed by atoms with E-state index in [1.54, 1.807) is 7.11 Å². The van der Waals surface area contributed by atoms with Crippen molar-refractivity contribution in [2.75, 3.05) is 66.6 Å². The molecule has 0 aliphatic carbocycles. The molecule has 0 spiro atoms. The first-order valence-corrected chi connectivity index (χ1v) is 6.01. The Morgan fingerprint density at radius 3 is 2.62 bits per heavy atom. The van der Waals surface area contributed by atoms with Gasteiger partial charge in [-0.1, -0.05) is 0 Å². The van der Waals surface area contributed by atoms with Crippen LogP contribution in [0.5, 0.6) is 0 Å². The fourth-order valence-corrected chi connectivity index (χ4v) is 1.84. The lowest BCUT2D eigenvalue weighted by molar-refractivity contribution is 0.0789. The van der Waals surface area contributed by atoms with Crippen LogP contribution in [-0.2, 0) is 4.74 Å². The zero-order valence-corrected chi connectivity index (χ0v) is 10.5. The second-order valence-corrected chi connectivity index (χ2v) is 4.45. The number of methoxy groups -OCH3 is 1. The van der Waals surface area contributed by atoms with Gasteiger partial charge < -0.3 is 20.1 Å². The third kappa shape index (κ3) is 5.77. The van der Waals surface area contributed by atoms with Gasteiger partial charge in [-0.3, -0.25) is 4.90 Å². The number of nitrogens with zero attached hydrogens (tertiary/aromatic N) is 2. The van der Waals surface area contributed by atoms with Gasteiger partial charge in [-0.15, -0.1) is 0 Å². The number of aliphatic hydroxyl groups excluding tert-OH is 1. The monoisotopic (exact) mass is 231 g/mol. The van der Waals surface area contributed by atoms with E-state index in [1.165, 1.54) is 0 Å². The number of likely N-dealkylation sites (N-methyl/N-ethyl adjacent to an activating group) is 1. The van der Waals surface area contributed by atoms with E-state index in [9.17, 15) is 5.11 Å². The fourth-order valence-electron chi connectivity index (χ4n) is 1.84. The Morgan fingerprint density at radius 1 is 1.31 bits per heavy atom. The topological polar surface area (TPSA) is 48.0 Å². The summed E-state index contributed by atoms with van der Waals surface area (Å²) in [5, 5.41) is 13.0. The van der Waals surface area contributed by atoms with Crippen LogP contribution in [0.1, 0.15) is 0 Å². The standard InChI is InChI=1S/C11H25N3O2/c1-13-4-6-14(7-5-13)10-11(15)9-12-3-8-16-2/h11-12,15H,3-10H2,1-2H3. The van der Waals surface area contributed by atoms with Gasteiger partial charge in [-0.05, 0) is 7.05 Å². The molecule has 0 aromatic rings. The number of rotatable bonds is 7. The summed E-state index contributed by atoms with van der Waals surface area (Å²) in [5.41, 5.74) is 0. The minimum Gasteiger partial charge on any atom is -0.390 e. The van der Waals surface area contributed by atoms with Crippen molar-refractivity contribution >= 4 is 0 Å². The molecule has 0 aromatic heterocycles. The largest absolute Gasteiger partial charge is 0.390 e. The normalized spacial score (nSPS) is 21.2. The van der Waals surface area contributed by atoms with Crippen molar-refractivity contribution in [2.45, 2.75) is 6.10 Å². The molecule has 16 heavy (non-hydrogen) atoms. The van der Waals surface area contributed by atoms with Gasteiger partial charge in [0.1, 0.15) is 0 Å². The zero-order chi connectivity index (χ0) is 11.8. The Morgan fingerprint density at radius 2 is 2.00 bits per heavy atom. The van der Waals surface area contributed by atoms with Crippen LogP contribution in [-0.4, -0.2) is 87.6 Å². The maximum absolute atomic E-state index is 9.81. The fraction of sp³-hybridized carbons (Fsp3) is 1.00. The quantitative estimate of drug-likeness (QED) is 0.541. The smallest absolute Gasteiger partial charge is 0.0791 e. The molecule has 5 heteroatoms. The predicted molar refractivity (Wildman–Crippen MR) is 64.7 cm³/mol. The average Bonchev–Trinajstić information content (AvgIpc) is 2.28. The molecule has 96 valence electrons. The van der Waals surface area contributed by atoms with Crippen molar-refractivity contribution in [1.82, 2.24) is 15.1 Å². The molecule has 1 atom stereocenters. The molecule has 5 nitrogen and oxygen atoms in total. The summed E-state index contributed by atoms with van der Waals surface area (Å²) in [6, 6.07) is 0. The Hall–Kier alpha value is -0.200. The van der Waals surface area contributed by atoms with Gasteiger partial charge in [0.15, 0.2) is 0 Å². The summed E-state index contributed by atoms with van der Waals surface area (Å²) in [6.45, 7) is 7.24. The molecule has 1 heterocycles. The van der Waals surface area contributed by atoms with Crippen LogP contribution in [0.2, 0.25) is 0 Å². The summed E-state index contributed by atoms with van der Waals surface area (Å²) in [6.07, 6.45) is -0.278. The minimum atomic E-state index is -0.278. The van der Waals surface area contributed by atoms with Crippen LogP contribution in [0.15, 0.2) is 0 Å². The third-order valence-corrected chi connectivity index (χ3v) is 2.93. The van der Waals surface area contributed by atoms with Crippen LogP contribution in [0, 0.1) is 0 Å². The Labute approximate surface area is 98.4 Å². The van der Waals surface area contributed by atoms with E-state index in [2.05, 4.69) is 22.2 Å². The number of hydrogen-bond acceptors (Lipinski definition) is 5. The lowest BCUT2D eigenvalue weighted by atomic mass is 10.2. The van der Waals surface area contributed by atoms with E-state index in [4.69, 9.17) is 4.74 Å². The van der Waals surface area contributed by atoms with Gasteiger partial charge in [0.2, 0.25) is 0 Å². The maximum atomic E-state index is 9.81. The van der Waals surface area contributed by atoms with Gasteiger partial charge in [0.05, 0.1) is 12.7 Å². The second-order valence-electron chi connectivity index (χ2n) is 4.45. The van der Waals surface area contributed by atoms with Crippen LogP contribution in [0.4, 0.5) is 0 Å². The number of piperazine rings is 1.